The normalized spacial score (nSPS) is 21.9. The number of non-ortho nitro benzene ring substituents is 1. The molecule has 0 N–H and O–H groups in total. The van der Waals surface area contributed by atoms with E-state index in [1.807, 2.05) is 0 Å². The molecule has 0 spiro atoms. The first-order valence-electron chi connectivity index (χ1n) is 12.8. The lowest BCUT2D eigenvalue weighted by Crippen LogP contribution is -2.53. The molecule has 0 aromatic heterocycles. The van der Waals surface area contributed by atoms with Crippen LogP contribution in [0.4, 0.5) is 5.69 Å². The number of nitro groups is 1. The zero-order valence-corrected chi connectivity index (χ0v) is 22.8. The van der Waals surface area contributed by atoms with Crippen LogP contribution in [-0.2, 0) is 28.5 Å². The largest absolute Gasteiger partial charge is 0.456 e. The van der Waals surface area contributed by atoms with Crippen LogP contribution in [0.5, 0.6) is 0 Å². The van der Waals surface area contributed by atoms with Gasteiger partial charge in [0.2, 0.25) is 11.9 Å². The summed E-state index contributed by atoms with van der Waals surface area (Å²) in [6.45, 7) is 3.96. The van der Waals surface area contributed by atoms with E-state index in [0.717, 1.165) is 19.1 Å². The number of carbonyl (C=O) groups is 4. The van der Waals surface area contributed by atoms with Crippen LogP contribution < -0.4 is 0 Å². The van der Waals surface area contributed by atoms with Gasteiger partial charge in [-0.25, -0.2) is 14.4 Å². The second-order valence-electron chi connectivity index (χ2n) is 9.59. The van der Waals surface area contributed by atoms with Crippen molar-refractivity contribution in [2.24, 2.45) is 0 Å². The van der Waals surface area contributed by atoms with Gasteiger partial charge in [0.05, 0.1) is 21.6 Å². The van der Waals surface area contributed by atoms with Crippen LogP contribution in [0.25, 0.3) is 0 Å². The molecule has 5 atom stereocenters. The highest BCUT2D eigenvalue weighted by molar-refractivity contribution is 5.91. The van der Waals surface area contributed by atoms with Crippen LogP contribution in [-0.4, -0.2) is 59.0 Å². The van der Waals surface area contributed by atoms with Crippen LogP contribution in [0, 0.1) is 10.1 Å². The molecule has 0 saturated carbocycles. The van der Waals surface area contributed by atoms with Crippen LogP contribution >= 0.6 is 0 Å². The maximum absolute atomic E-state index is 13.2. The van der Waals surface area contributed by atoms with Crippen LogP contribution in [0.2, 0.25) is 0 Å². The molecule has 1 unspecified atom stereocenters. The third-order valence-corrected chi connectivity index (χ3v) is 6.52. The third-order valence-electron chi connectivity index (χ3n) is 6.52. The summed E-state index contributed by atoms with van der Waals surface area (Å²) in [5.74, 6) is -3.23. The van der Waals surface area contributed by atoms with Crippen molar-refractivity contribution in [1.29, 1.82) is 0 Å². The number of nitrogens with zero attached hydrogens (tertiary/aromatic N) is 1. The van der Waals surface area contributed by atoms with Gasteiger partial charge >= 0.3 is 23.9 Å². The van der Waals surface area contributed by atoms with Gasteiger partial charge in [0, 0.05) is 19.1 Å². The molecule has 1 fully saturated rings. The van der Waals surface area contributed by atoms with Crippen molar-refractivity contribution in [3.8, 4) is 0 Å². The molecule has 1 saturated heterocycles. The Morgan fingerprint density at radius 2 is 1.33 bits per heavy atom. The van der Waals surface area contributed by atoms with E-state index in [4.69, 9.17) is 23.7 Å². The standard InChI is InChI=1S/C30H27NO11/c1-18(38-26(33)22-14-16-23(17-15-22)31(36)37)24-25(41-27(34)20-10-6-4-7-11-20)30(3,29(40-24)39-19(2)32)42-28(35)21-12-8-5-9-13-21/h4-18,24-25,29H,1-3H3/t18-,24-,25-,29?,30-/m1/s1. The molecule has 0 aliphatic carbocycles. The van der Waals surface area contributed by atoms with Gasteiger partial charge in [0.25, 0.3) is 5.69 Å². The highest BCUT2D eigenvalue weighted by atomic mass is 16.8. The minimum atomic E-state index is -1.89. The molecule has 0 amide bonds. The van der Waals surface area contributed by atoms with E-state index in [2.05, 4.69) is 0 Å². The Kier molecular flexibility index (Phi) is 8.96. The zero-order chi connectivity index (χ0) is 30.4. The van der Waals surface area contributed by atoms with E-state index in [0.29, 0.717) is 0 Å². The van der Waals surface area contributed by atoms with Gasteiger partial charge in [0.15, 0.2) is 6.10 Å². The molecular weight excluding hydrogens is 550 g/mol. The number of carbonyl (C=O) groups excluding carboxylic acids is 4. The van der Waals surface area contributed by atoms with E-state index in [1.54, 1.807) is 36.4 Å². The summed E-state index contributed by atoms with van der Waals surface area (Å²) in [5.41, 5.74) is -1.74. The van der Waals surface area contributed by atoms with Crippen LogP contribution in [0.1, 0.15) is 51.8 Å². The quantitative estimate of drug-likeness (QED) is 0.155. The Bertz CT molecular complexity index is 1460. The van der Waals surface area contributed by atoms with E-state index < -0.39 is 59.0 Å². The third kappa shape index (κ3) is 6.61. The highest BCUT2D eigenvalue weighted by Crippen LogP contribution is 2.40. The average Bonchev–Trinajstić information content (AvgIpc) is 3.23. The van der Waals surface area contributed by atoms with Gasteiger partial charge in [-0.15, -0.1) is 0 Å². The first-order valence-corrected chi connectivity index (χ1v) is 12.8. The number of hydrogen-bond donors (Lipinski definition) is 0. The average molecular weight is 578 g/mol. The summed E-state index contributed by atoms with van der Waals surface area (Å²) in [4.78, 5) is 61.6. The number of benzene rings is 3. The molecule has 3 aromatic carbocycles. The van der Waals surface area contributed by atoms with Gasteiger partial charge in [-0.1, -0.05) is 36.4 Å². The molecule has 0 bridgehead atoms. The molecular formula is C30H27NO11. The van der Waals surface area contributed by atoms with Gasteiger partial charge < -0.3 is 23.7 Å². The Morgan fingerprint density at radius 1 is 0.810 bits per heavy atom. The molecule has 1 heterocycles. The van der Waals surface area contributed by atoms with Crippen LogP contribution in [0.3, 0.4) is 0 Å². The number of rotatable bonds is 9. The molecule has 42 heavy (non-hydrogen) atoms. The first kappa shape index (κ1) is 29.9. The monoisotopic (exact) mass is 577 g/mol. The topological polar surface area (TPSA) is 158 Å². The molecule has 12 heteroatoms. The molecule has 218 valence electrons. The second-order valence-corrected chi connectivity index (χ2v) is 9.59. The first-order chi connectivity index (χ1) is 20.0. The Hall–Kier alpha value is -5.10. The summed E-state index contributed by atoms with van der Waals surface area (Å²) in [6.07, 6.45) is -5.42. The lowest BCUT2D eigenvalue weighted by atomic mass is 9.94. The summed E-state index contributed by atoms with van der Waals surface area (Å²) in [6, 6.07) is 20.7. The predicted molar refractivity (Wildman–Crippen MR) is 144 cm³/mol. The van der Waals surface area contributed by atoms with Gasteiger partial charge in [-0.2, -0.15) is 0 Å². The van der Waals surface area contributed by atoms with Gasteiger partial charge in [-0.3, -0.25) is 14.9 Å². The van der Waals surface area contributed by atoms with E-state index >= 15 is 0 Å². The maximum Gasteiger partial charge on any atom is 0.339 e. The lowest BCUT2D eigenvalue weighted by Gasteiger charge is -2.34. The molecule has 4 rings (SSSR count). The van der Waals surface area contributed by atoms with Crippen molar-refractivity contribution in [3.63, 3.8) is 0 Å². The van der Waals surface area contributed by atoms with Crippen molar-refractivity contribution < 1.29 is 47.8 Å². The smallest absolute Gasteiger partial charge is 0.339 e. The van der Waals surface area contributed by atoms with E-state index in [-0.39, 0.29) is 22.4 Å². The second kappa shape index (κ2) is 12.6. The fraction of sp³-hybridized carbons (Fsp3) is 0.267. The van der Waals surface area contributed by atoms with Crippen molar-refractivity contribution in [1.82, 2.24) is 0 Å². The summed E-state index contributed by atoms with van der Waals surface area (Å²) in [5, 5.41) is 11.0. The molecule has 0 radical (unpaired) electrons. The van der Waals surface area contributed by atoms with Gasteiger partial charge in [0.1, 0.15) is 12.2 Å². The van der Waals surface area contributed by atoms with Gasteiger partial charge in [-0.05, 0) is 50.2 Å². The summed E-state index contributed by atoms with van der Waals surface area (Å²) in [7, 11) is 0. The molecule has 1 aliphatic rings. The van der Waals surface area contributed by atoms with Crippen molar-refractivity contribution in [2.45, 2.75) is 51.0 Å². The fourth-order valence-corrected chi connectivity index (χ4v) is 4.37. The van der Waals surface area contributed by atoms with E-state index in [9.17, 15) is 29.3 Å². The Balaban J connectivity index is 1.67. The molecule has 3 aromatic rings. The molecule has 1 aliphatic heterocycles. The number of ether oxygens (including phenoxy) is 5. The summed E-state index contributed by atoms with van der Waals surface area (Å²) >= 11 is 0. The Labute approximate surface area is 240 Å². The van der Waals surface area contributed by atoms with Crippen molar-refractivity contribution in [2.75, 3.05) is 0 Å². The van der Waals surface area contributed by atoms with Crippen molar-refractivity contribution >= 4 is 29.6 Å². The highest BCUT2D eigenvalue weighted by Gasteiger charge is 2.63. The fourth-order valence-electron chi connectivity index (χ4n) is 4.37. The zero-order valence-electron chi connectivity index (χ0n) is 22.8. The summed E-state index contributed by atoms with van der Waals surface area (Å²) < 4.78 is 28.5. The van der Waals surface area contributed by atoms with E-state index in [1.165, 1.54) is 50.2 Å². The lowest BCUT2D eigenvalue weighted by molar-refractivity contribution is -0.384. The minimum absolute atomic E-state index is 0.0121. The maximum atomic E-state index is 13.2. The molecule has 12 nitrogen and oxygen atoms in total. The van der Waals surface area contributed by atoms with Crippen LogP contribution in [0.15, 0.2) is 84.9 Å². The van der Waals surface area contributed by atoms with Crippen molar-refractivity contribution in [3.05, 3.63) is 112 Å². The SMILES string of the molecule is CC(=O)OC1O[C@H]([C@@H](C)OC(=O)c2ccc([N+](=O)[O-])cc2)[C@@H](OC(=O)c2ccccc2)[C@@]1(C)OC(=O)c1ccccc1. The Morgan fingerprint density at radius 3 is 1.86 bits per heavy atom. The number of nitro benzene ring substituents is 1. The number of hydrogen-bond acceptors (Lipinski definition) is 11. The predicted octanol–water partition coefficient (Wildman–Crippen LogP) is 4.27. The minimum Gasteiger partial charge on any atom is -0.456 e. The number of esters is 4.